The largest absolute Gasteiger partial charge is 0.378 e. The Balaban J connectivity index is 2.64. The van der Waals surface area contributed by atoms with Crippen molar-refractivity contribution in [1.29, 1.82) is 0 Å². The molecule has 0 saturated carbocycles. The molecular formula is C17H19NO. The van der Waals surface area contributed by atoms with Crippen LogP contribution in [0.3, 0.4) is 0 Å². The zero-order chi connectivity index (χ0) is 14.0. The molecule has 0 spiro atoms. The van der Waals surface area contributed by atoms with Gasteiger partial charge in [0.15, 0.2) is 0 Å². The van der Waals surface area contributed by atoms with Crippen molar-refractivity contribution in [2.45, 2.75) is 19.4 Å². The van der Waals surface area contributed by atoms with Gasteiger partial charge in [-0.1, -0.05) is 36.1 Å². The Labute approximate surface area is 114 Å². The number of hydrogen-bond donors (Lipinski definition) is 1. The third kappa shape index (κ3) is 3.07. The molecule has 0 amide bonds. The molecule has 0 radical (unpaired) electrons. The smallest absolute Gasteiger partial charge is 0.120 e. The van der Waals surface area contributed by atoms with E-state index < -0.39 is 5.60 Å². The van der Waals surface area contributed by atoms with Gasteiger partial charge >= 0.3 is 0 Å². The molecule has 98 valence electrons. The van der Waals surface area contributed by atoms with E-state index in [1.54, 1.807) is 13.8 Å². The standard InChI is InChI=1S/C17H19NO/c1-17(2,19)12-11-13-7-5-9-15-14(13)8-6-10-16(15)18(3)4/h5-10,19H,1-4H3. The van der Waals surface area contributed by atoms with Gasteiger partial charge in [-0.3, -0.25) is 0 Å². The van der Waals surface area contributed by atoms with Crippen molar-refractivity contribution >= 4 is 16.5 Å². The summed E-state index contributed by atoms with van der Waals surface area (Å²) in [5.74, 6) is 5.95. The van der Waals surface area contributed by atoms with Crippen LogP contribution in [0.4, 0.5) is 5.69 Å². The van der Waals surface area contributed by atoms with E-state index in [-0.39, 0.29) is 0 Å². The summed E-state index contributed by atoms with van der Waals surface area (Å²) in [6, 6.07) is 12.3. The molecule has 0 heterocycles. The van der Waals surface area contributed by atoms with Gasteiger partial charge in [-0.25, -0.2) is 0 Å². The first kappa shape index (κ1) is 13.5. The molecule has 0 atom stereocenters. The van der Waals surface area contributed by atoms with E-state index in [0.717, 1.165) is 10.9 Å². The first-order valence-electron chi connectivity index (χ1n) is 6.33. The van der Waals surface area contributed by atoms with Crippen molar-refractivity contribution in [3.8, 4) is 11.8 Å². The molecule has 0 bridgehead atoms. The predicted molar refractivity (Wildman–Crippen MR) is 81.5 cm³/mol. The Morgan fingerprint density at radius 1 is 1.00 bits per heavy atom. The number of rotatable bonds is 1. The molecule has 19 heavy (non-hydrogen) atoms. The molecule has 0 unspecified atom stereocenters. The monoisotopic (exact) mass is 253 g/mol. The van der Waals surface area contributed by atoms with E-state index in [4.69, 9.17) is 0 Å². The first-order valence-corrected chi connectivity index (χ1v) is 6.33. The fraction of sp³-hybridized carbons (Fsp3) is 0.294. The summed E-state index contributed by atoms with van der Waals surface area (Å²) < 4.78 is 0. The normalized spacial score (nSPS) is 11.0. The number of fused-ring (bicyclic) bond motifs is 1. The summed E-state index contributed by atoms with van der Waals surface area (Å²) in [5.41, 5.74) is 1.15. The maximum absolute atomic E-state index is 9.71. The molecule has 2 aromatic carbocycles. The maximum Gasteiger partial charge on any atom is 0.120 e. The molecule has 2 heteroatoms. The zero-order valence-electron chi connectivity index (χ0n) is 11.9. The van der Waals surface area contributed by atoms with E-state index in [9.17, 15) is 5.11 Å². The summed E-state index contributed by atoms with van der Waals surface area (Å²) in [6.07, 6.45) is 0. The summed E-state index contributed by atoms with van der Waals surface area (Å²) >= 11 is 0. The summed E-state index contributed by atoms with van der Waals surface area (Å²) in [4.78, 5) is 2.09. The molecule has 0 aromatic heterocycles. The average Bonchev–Trinajstić information content (AvgIpc) is 2.34. The van der Waals surface area contributed by atoms with E-state index in [2.05, 4.69) is 34.9 Å². The number of benzene rings is 2. The molecule has 1 N–H and O–H groups in total. The zero-order valence-corrected chi connectivity index (χ0v) is 11.9. The lowest BCUT2D eigenvalue weighted by Gasteiger charge is -2.15. The predicted octanol–water partition coefficient (Wildman–Crippen LogP) is 3.03. The lowest BCUT2D eigenvalue weighted by molar-refractivity contribution is 0.143. The molecule has 0 aliphatic heterocycles. The minimum absolute atomic E-state index is 0.948. The van der Waals surface area contributed by atoms with Gasteiger partial charge in [-0.2, -0.15) is 0 Å². The van der Waals surface area contributed by atoms with Crippen molar-refractivity contribution in [2.75, 3.05) is 19.0 Å². The Morgan fingerprint density at radius 3 is 2.26 bits per heavy atom. The van der Waals surface area contributed by atoms with E-state index in [0.29, 0.717) is 0 Å². The SMILES string of the molecule is CN(C)c1cccc2c(C#CC(C)(C)O)cccc12. The van der Waals surface area contributed by atoms with Gasteiger partial charge < -0.3 is 10.0 Å². The maximum atomic E-state index is 9.71. The number of nitrogens with zero attached hydrogens (tertiary/aromatic N) is 1. The number of anilines is 1. The minimum Gasteiger partial charge on any atom is -0.378 e. The van der Waals surface area contributed by atoms with Gasteiger partial charge in [0.05, 0.1) is 0 Å². The highest BCUT2D eigenvalue weighted by Gasteiger charge is 2.08. The van der Waals surface area contributed by atoms with E-state index in [1.807, 2.05) is 32.3 Å². The second-order valence-electron chi connectivity index (χ2n) is 5.38. The highest BCUT2D eigenvalue weighted by molar-refractivity contribution is 5.97. The van der Waals surface area contributed by atoms with Crippen LogP contribution >= 0.6 is 0 Å². The second-order valence-corrected chi connectivity index (χ2v) is 5.38. The highest BCUT2D eigenvalue weighted by atomic mass is 16.3. The fourth-order valence-electron chi connectivity index (χ4n) is 2.01. The van der Waals surface area contributed by atoms with Crippen molar-refractivity contribution in [2.24, 2.45) is 0 Å². The third-order valence-electron chi connectivity index (χ3n) is 2.88. The Bertz CT molecular complexity index is 654. The van der Waals surface area contributed by atoms with Crippen LogP contribution in [-0.4, -0.2) is 24.8 Å². The van der Waals surface area contributed by atoms with Crippen LogP contribution in [0.2, 0.25) is 0 Å². The van der Waals surface area contributed by atoms with E-state index >= 15 is 0 Å². The molecule has 0 aliphatic rings. The second kappa shape index (κ2) is 4.95. The molecular weight excluding hydrogens is 234 g/mol. The van der Waals surface area contributed by atoms with Gasteiger partial charge in [0, 0.05) is 30.7 Å². The summed E-state index contributed by atoms with van der Waals surface area (Å²) in [6.45, 7) is 3.38. The van der Waals surface area contributed by atoms with Crippen LogP contribution in [0, 0.1) is 11.8 Å². The Morgan fingerprint density at radius 2 is 1.63 bits per heavy atom. The van der Waals surface area contributed by atoms with Gasteiger partial charge in [0.25, 0.3) is 0 Å². The molecule has 2 aromatic rings. The van der Waals surface area contributed by atoms with Crippen LogP contribution in [-0.2, 0) is 0 Å². The number of aliphatic hydroxyl groups is 1. The van der Waals surface area contributed by atoms with Crippen molar-refractivity contribution in [1.82, 2.24) is 0 Å². The van der Waals surface area contributed by atoms with Crippen molar-refractivity contribution in [3.05, 3.63) is 42.0 Å². The Kier molecular flexibility index (Phi) is 3.50. The van der Waals surface area contributed by atoms with Crippen LogP contribution < -0.4 is 4.90 Å². The topological polar surface area (TPSA) is 23.5 Å². The molecule has 2 nitrogen and oxygen atoms in total. The molecule has 0 aliphatic carbocycles. The fourth-order valence-corrected chi connectivity index (χ4v) is 2.01. The van der Waals surface area contributed by atoms with Gasteiger partial charge in [-0.15, -0.1) is 0 Å². The summed E-state index contributed by atoms with van der Waals surface area (Å²) in [5, 5.41) is 12.0. The lowest BCUT2D eigenvalue weighted by atomic mass is 10.0. The first-order chi connectivity index (χ1) is 8.88. The van der Waals surface area contributed by atoms with Crippen LogP contribution in [0.25, 0.3) is 10.8 Å². The number of hydrogen-bond acceptors (Lipinski definition) is 2. The van der Waals surface area contributed by atoms with Crippen LogP contribution in [0.5, 0.6) is 0 Å². The minimum atomic E-state index is -0.971. The average molecular weight is 253 g/mol. The third-order valence-corrected chi connectivity index (χ3v) is 2.88. The lowest BCUT2D eigenvalue weighted by Crippen LogP contribution is -2.14. The van der Waals surface area contributed by atoms with E-state index in [1.165, 1.54) is 11.1 Å². The molecule has 0 fully saturated rings. The van der Waals surface area contributed by atoms with Gasteiger partial charge in [-0.05, 0) is 31.4 Å². The van der Waals surface area contributed by atoms with Crippen LogP contribution in [0.1, 0.15) is 19.4 Å². The van der Waals surface area contributed by atoms with Gasteiger partial charge in [0.1, 0.15) is 5.60 Å². The molecule has 0 saturated heterocycles. The summed E-state index contributed by atoms with van der Waals surface area (Å²) in [7, 11) is 4.06. The Hall–Kier alpha value is -1.98. The van der Waals surface area contributed by atoms with Gasteiger partial charge in [0.2, 0.25) is 0 Å². The highest BCUT2D eigenvalue weighted by Crippen LogP contribution is 2.27. The van der Waals surface area contributed by atoms with Crippen LogP contribution in [0.15, 0.2) is 36.4 Å². The molecule has 2 rings (SSSR count). The quantitative estimate of drug-likeness (QED) is 0.790. The van der Waals surface area contributed by atoms with Crippen molar-refractivity contribution in [3.63, 3.8) is 0 Å². The van der Waals surface area contributed by atoms with Crippen molar-refractivity contribution < 1.29 is 5.11 Å².